The molecule has 0 spiro atoms. The van der Waals surface area contributed by atoms with Crippen LogP contribution in [-0.2, 0) is 0 Å². The highest BCUT2D eigenvalue weighted by molar-refractivity contribution is 7.79. The molecule has 0 atom stereocenters. The maximum absolute atomic E-state index is 11.4. The number of nitrogens with one attached hydrogen (secondary N) is 1. The predicted molar refractivity (Wildman–Crippen MR) is 273 cm³/mol. The van der Waals surface area contributed by atoms with Crippen molar-refractivity contribution in [1.29, 1.82) is 0 Å². The lowest BCUT2D eigenvalue weighted by molar-refractivity contribution is -0.384. The van der Waals surface area contributed by atoms with Crippen LogP contribution in [0.1, 0.15) is 0 Å². The number of aromatic nitrogens is 3. The van der Waals surface area contributed by atoms with E-state index < -0.39 is 7.92 Å². The number of aromatic amines is 1. The van der Waals surface area contributed by atoms with E-state index in [0.717, 1.165) is 22.2 Å². The number of hydrogen-bond donors (Lipinski definition) is 1. The van der Waals surface area contributed by atoms with Crippen molar-refractivity contribution in [2.75, 3.05) is 0 Å². The molecule has 7 heteroatoms. The molecule has 12 aromatic rings. The van der Waals surface area contributed by atoms with Gasteiger partial charge in [-0.3, -0.25) is 10.1 Å². The molecule has 0 saturated heterocycles. The molecule has 0 aliphatic heterocycles. The van der Waals surface area contributed by atoms with Gasteiger partial charge in [-0.15, -0.1) is 0 Å². The molecule has 0 saturated carbocycles. The summed E-state index contributed by atoms with van der Waals surface area (Å²) in [7, 11) is -0.446. The van der Waals surface area contributed by atoms with E-state index in [1.807, 2.05) is 66.9 Å². The maximum atomic E-state index is 11.4. The molecule has 0 radical (unpaired) electrons. The molecule has 3 aromatic heterocycles. The molecule has 0 aliphatic rings. The number of H-pyrrole nitrogens is 1. The van der Waals surface area contributed by atoms with Crippen LogP contribution in [0.25, 0.3) is 66.1 Å². The van der Waals surface area contributed by atoms with E-state index in [0.29, 0.717) is 5.56 Å². The molecule has 0 bridgehead atoms. The number of nitro benzene ring substituents is 1. The fourth-order valence-electron chi connectivity index (χ4n) is 8.62. The number of nitrogens with zero attached hydrogens (tertiary/aromatic N) is 3. The van der Waals surface area contributed by atoms with Gasteiger partial charge in [0.05, 0.1) is 21.5 Å². The molecular weight excluding hydrogens is 816 g/mol. The summed E-state index contributed by atoms with van der Waals surface area (Å²) in [6.45, 7) is 0. The molecule has 1 N–H and O–H groups in total. The lowest BCUT2D eigenvalue weighted by atomic mass is 10.0. The first-order valence-electron chi connectivity index (χ1n) is 21.5. The lowest BCUT2D eigenvalue weighted by Gasteiger charge is -2.18. The third-order valence-electron chi connectivity index (χ3n) is 11.5. The topological polar surface area (TPSA) is 68.8 Å². The van der Waals surface area contributed by atoms with Gasteiger partial charge in [-0.1, -0.05) is 182 Å². The Balaban J connectivity index is 0.000000116. The standard InChI is InChI=1S/C20H14N2O2.C20H14N2.C18H15P/c23-22(24)19-12-5-4-10-17(19)18-11-6-7-15-13-14-21(20(15)18)16-8-2-1-3-9-16;1-2-6-15(7-3-1)22-13-12-14-10-11-18-19(20(14)22)16-8-4-5-9-17(16)21-18;1-4-10-16(11-5-1)19(17-12-6-2-7-13-17)18-14-8-3-9-15-18/h1-14H;1-13,21H;1-15H. The summed E-state index contributed by atoms with van der Waals surface area (Å²) in [5, 5.41) is 20.5. The fraction of sp³-hybridized carbons (Fsp3) is 0. The number of nitro groups is 1. The zero-order valence-electron chi connectivity index (χ0n) is 35.4. The van der Waals surface area contributed by atoms with Gasteiger partial charge in [0, 0.05) is 68.0 Å². The van der Waals surface area contributed by atoms with Gasteiger partial charge in [-0.2, -0.15) is 0 Å². The average molecular weight is 859 g/mol. The van der Waals surface area contributed by atoms with Gasteiger partial charge < -0.3 is 14.1 Å². The van der Waals surface area contributed by atoms with Gasteiger partial charge in [0.15, 0.2) is 0 Å². The van der Waals surface area contributed by atoms with E-state index in [9.17, 15) is 10.1 Å². The first-order chi connectivity index (χ1) is 32.1. The molecule has 9 aromatic carbocycles. The Labute approximate surface area is 378 Å². The second-order valence-electron chi connectivity index (χ2n) is 15.5. The summed E-state index contributed by atoms with van der Waals surface area (Å²) in [5.41, 5.74) is 8.42. The summed E-state index contributed by atoms with van der Waals surface area (Å²) in [5.74, 6) is 0. The molecule has 312 valence electrons. The second-order valence-corrected chi connectivity index (χ2v) is 17.7. The number of fused-ring (bicyclic) bond motifs is 6. The Morgan fingerprint density at radius 1 is 0.400 bits per heavy atom. The van der Waals surface area contributed by atoms with Crippen molar-refractivity contribution >= 4 is 73.1 Å². The van der Waals surface area contributed by atoms with E-state index in [4.69, 9.17) is 0 Å². The maximum Gasteiger partial charge on any atom is 0.277 e. The van der Waals surface area contributed by atoms with E-state index in [2.05, 4.69) is 184 Å². The van der Waals surface area contributed by atoms with Gasteiger partial charge >= 0.3 is 0 Å². The van der Waals surface area contributed by atoms with Crippen LogP contribution >= 0.6 is 7.92 Å². The van der Waals surface area contributed by atoms with Crippen LogP contribution in [0.2, 0.25) is 0 Å². The summed E-state index contributed by atoms with van der Waals surface area (Å²) in [4.78, 5) is 14.6. The van der Waals surface area contributed by atoms with Crippen molar-refractivity contribution in [3.63, 3.8) is 0 Å². The average Bonchev–Trinajstić information content (AvgIpc) is 4.12. The highest BCUT2D eigenvalue weighted by atomic mass is 31.1. The number of hydrogen-bond acceptors (Lipinski definition) is 2. The minimum absolute atomic E-state index is 0.116. The fourth-order valence-corrected chi connectivity index (χ4v) is 10.9. The summed E-state index contributed by atoms with van der Waals surface area (Å²) in [6, 6.07) is 82.6. The van der Waals surface area contributed by atoms with Crippen LogP contribution in [0.5, 0.6) is 0 Å². The van der Waals surface area contributed by atoms with Gasteiger partial charge in [0.2, 0.25) is 0 Å². The largest absolute Gasteiger partial charge is 0.354 e. The van der Waals surface area contributed by atoms with Crippen LogP contribution in [0.15, 0.2) is 255 Å². The minimum Gasteiger partial charge on any atom is -0.354 e. The van der Waals surface area contributed by atoms with E-state index in [-0.39, 0.29) is 10.6 Å². The molecule has 6 nitrogen and oxygen atoms in total. The smallest absolute Gasteiger partial charge is 0.277 e. The Bertz CT molecular complexity index is 3420. The molecule has 65 heavy (non-hydrogen) atoms. The van der Waals surface area contributed by atoms with Crippen molar-refractivity contribution in [3.05, 3.63) is 265 Å². The highest BCUT2D eigenvalue weighted by Gasteiger charge is 2.19. The van der Waals surface area contributed by atoms with E-state index in [1.165, 1.54) is 54.3 Å². The number of para-hydroxylation sites is 5. The highest BCUT2D eigenvalue weighted by Crippen LogP contribution is 2.37. The lowest BCUT2D eigenvalue weighted by Crippen LogP contribution is -2.20. The van der Waals surface area contributed by atoms with Crippen LogP contribution in [-0.4, -0.2) is 19.0 Å². The predicted octanol–water partition coefficient (Wildman–Crippen LogP) is 13.9. The van der Waals surface area contributed by atoms with Gasteiger partial charge in [-0.05, 0) is 78.4 Å². The minimum atomic E-state index is -0.446. The Morgan fingerprint density at radius 2 is 0.862 bits per heavy atom. The van der Waals surface area contributed by atoms with Gasteiger partial charge in [0.25, 0.3) is 5.69 Å². The third kappa shape index (κ3) is 8.35. The molecular formula is C58H43N4O2P. The molecule has 0 amide bonds. The molecule has 0 aliphatic carbocycles. The Kier molecular flexibility index (Phi) is 11.6. The third-order valence-corrected chi connectivity index (χ3v) is 14.0. The van der Waals surface area contributed by atoms with Crippen molar-refractivity contribution in [1.82, 2.24) is 14.1 Å². The first-order valence-corrected chi connectivity index (χ1v) is 22.9. The van der Waals surface area contributed by atoms with Crippen LogP contribution in [0.3, 0.4) is 0 Å². The first kappa shape index (κ1) is 40.7. The Morgan fingerprint density at radius 3 is 1.43 bits per heavy atom. The Hall–Kier alpha value is -8.31. The van der Waals surface area contributed by atoms with Crippen LogP contribution in [0, 0.1) is 10.1 Å². The number of rotatable bonds is 7. The number of benzene rings is 9. The zero-order valence-corrected chi connectivity index (χ0v) is 36.2. The summed E-state index contributed by atoms with van der Waals surface area (Å²) < 4.78 is 4.35. The van der Waals surface area contributed by atoms with E-state index in [1.54, 1.807) is 18.2 Å². The SMILES string of the molecule is O=[N+]([O-])c1ccccc1-c1cccc2ccn(-c3ccccc3)c12.c1ccc(-n2ccc3ccc4[nH]c5ccccc5c4c32)cc1.c1ccc(P(c2ccccc2)c2ccccc2)cc1. The van der Waals surface area contributed by atoms with Crippen molar-refractivity contribution < 1.29 is 4.92 Å². The monoisotopic (exact) mass is 858 g/mol. The quantitative estimate of drug-likeness (QED) is 0.0985. The molecule has 12 rings (SSSR count). The zero-order chi connectivity index (χ0) is 44.0. The van der Waals surface area contributed by atoms with Crippen molar-refractivity contribution in [2.24, 2.45) is 0 Å². The van der Waals surface area contributed by atoms with Crippen molar-refractivity contribution in [3.8, 4) is 22.5 Å². The van der Waals surface area contributed by atoms with Gasteiger partial charge in [-0.25, -0.2) is 0 Å². The molecule has 0 unspecified atom stereocenters. The normalized spacial score (nSPS) is 11.0. The second kappa shape index (κ2) is 18.6. The van der Waals surface area contributed by atoms with Crippen LogP contribution < -0.4 is 15.9 Å². The summed E-state index contributed by atoms with van der Waals surface area (Å²) in [6.07, 6.45) is 4.15. The van der Waals surface area contributed by atoms with Crippen LogP contribution in [0.4, 0.5) is 5.69 Å². The van der Waals surface area contributed by atoms with Crippen molar-refractivity contribution in [2.45, 2.75) is 0 Å². The van der Waals surface area contributed by atoms with Gasteiger partial charge in [0.1, 0.15) is 0 Å². The molecule has 0 fully saturated rings. The molecule has 3 heterocycles. The van der Waals surface area contributed by atoms with E-state index >= 15 is 0 Å². The summed E-state index contributed by atoms with van der Waals surface area (Å²) >= 11 is 0.